The number of halogens is 3. The number of aromatic nitrogens is 1. The van der Waals surface area contributed by atoms with E-state index in [1.807, 2.05) is 30.6 Å². The molecule has 1 saturated heterocycles. The highest BCUT2D eigenvalue weighted by Crippen LogP contribution is 2.32. The summed E-state index contributed by atoms with van der Waals surface area (Å²) in [6.45, 7) is 8.27. The maximum Gasteiger partial charge on any atom is 0.490 e. The molecular formula is C39H46F3N5O4S. The number of amides is 2. The molecule has 6 rings (SSSR count). The zero-order valence-corrected chi connectivity index (χ0v) is 30.1. The second-order valence-electron chi connectivity index (χ2n) is 13.7. The number of aliphatic carboxylic acids is 1. The Bertz CT molecular complexity index is 1770. The molecule has 0 unspecified atom stereocenters. The van der Waals surface area contributed by atoms with Gasteiger partial charge in [0, 0.05) is 55.9 Å². The third-order valence-electron chi connectivity index (χ3n) is 9.67. The van der Waals surface area contributed by atoms with E-state index in [-0.39, 0.29) is 17.9 Å². The molecular weight excluding hydrogens is 692 g/mol. The molecule has 2 aliphatic rings. The Kier molecular flexibility index (Phi) is 13.4. The summed E-state index contributed by atoms with van der Waals surface area (Å²) < 4.78 is 32.8. The van der Waals surface area contributed by atoms with Crippen molar-refractivity contribution >= 4 is 39.2 Å². The summed E-state index contributed by atoms with van der Waals surface area (Å²) >= 11 is 1.50. The van der Waals surface area contributed by atoms with Crippen LogP contribution >= 0.6 is 11.3 Å². The van der Waals surface area contributed by atoms with Gasteiger partial charge in [-0.15, -0.1) is 11.3 Å². The lowest BCUT2D eigenvalue weighted by Crippen LogP contribution is -2.59. The largest absolute Gasteiger partial charge is 0.490 e. The van der Waals surface area contributed by atoms with Crippen LogP contribution in [0.1, 0.15) is 64.9 Å². The van der Waals surface area contributed by atoms with Gasteiger partial charge in [0.2, 0.25) is 5.91 Å². The molecule has 1 saturated carbocycles. The average molecular weight is 738 g/mol. The Morgan fingerprint density at radius 2 is 1.62 bits per heavy atom. The van der Waals surface area contributed by atoms with E-state index in [1.54, 1.807) is 0 Å². The number of rotatable bonds is 12. The Morgan fingerprint density at radius 3 is 2.27 bits per heavy atom. The molecule has 1 aliphatic heterocycles. The molecule has 0 radical (unpaired) electrons. The fraction of sp³-hybridized carbons (Fsp3) is 0.436. The molecule has 1 aliphatic carbocycles. The number of thiophene rings is 1. The number of carboxylic acid groups (broad SMARTS) is 1. The number of hydrogen-bond acceptors (Lipinski definition) is 7. The Morgan fingerprint density at radius 1 is 0.942 bits per heavy atom. The number of nitrogens with one attached hydrogen (secondary N) is 2. The molecule has 278 valence electrons. The maximum absolute atomic E-state index is 14.1. The van der Waals surface area contributed by atoms with Crippen LogP contribution in [-0.4, -0.2) is 88.2 Å². The Labute approximate surface area is 306 Å². The van der Waals surface area contributed by atoms with Crippen LogP contribution < -0.4 is 10.6 Å². The smallest absolute Gasteiger partial charge is 0.475 e. The summed E-state index contributed by atoms with van der Waals surface area (Å²) in [6.07, 6.45) is 4.63. The van der Waals surface area contributed by atoms with Gasteiger partial charge in [-0.1, -0.05) is 61.4 Å². The van der Waals surface area contributed by atoms with Gasteiger partial charge in [0.15, 0.2) is 0 Å². The molecule has 0 bridgehead atoms. The highest BCUT2D eigenvalue weighted by molar-refractivity contribution is 7.20. The number of hydrogen-bond donors (Lipinski definition) is 3. The zero-order valence-electron chi connectivity index (χ0n) is 29.3. The summed E-state index contributed by atoms with van der Waals surface area (Å²) in [5, 5.41) is 14.8. The van der Waals surface area contributed by atoms with Gasteiger partial charge in [-0.25, -0.2) is 4.79 Å². The monoisotopic (exact) mass is 737 g/mol. The molecule has 2 aromatic heterocycles. The molecule has 2 aromatic carbocycles. The third-order valence-corrected chi connectivity index (χ3v) is 10.8. The van der Waals surface area contributed by atoms with E-state index >= 15 is 0 Å². The van der Waals surface area contributed by atoms with Crippen molar-refractivity contribution in [1.29, 1.82) is 0 Å². The van der Waals surface area contributed by atoms with Gasteiger partial charge in [0.1, 0.15) is 5.54 Å². The van der Waals surface area contributed by atoms with Gasteiger partial charge in [-0.3, -0.25) is 19.5 Å². The summed E-state index contributed by atoms with van der Waals surface area (Å²) in [4.78, 5) is 46.4. The van der Waals surface area contributed by atoms with Crippen LogP contribution in [0, 0.1) is 6.92 Å². The van der Waals surface area contributed by atoms with Gasteiger partial charge in [0.05, 0.1) is 4.88 Å². The lowest BCUT2D eigenvalue weighted by atomic mass is 9.94. The van der Waals surface area contributed by atoms with E-state index < -0.39 is 17.7 Å². The van der Waals surface area contributed by atoms with Crippen molar-refractivity contribution in [3.8, 4) is 0 Å². The number of carbonyl (C=O) groups is 3. The molecule has 3 N–H and O–H groups in total. The lowest BCUT2D eigenvalue weighted by Gasteiger charge is -2.35. The number of carbonyl (C=O) groups excluding carboxylic acids is 2. The maximum atomic E-state index is 14.1. The molecule has 3 heterocycles. The first-order valence-corrected chi connectivity index (χ1v) is 18.5. The van der Waals surface area contributed by atoms with E-state index in [2.05, 4.69) is 80.9 Å². The summed E-state index contributed by atoms with van der Waals surface area (Å²) in [7, 11) is 0. The van der Waals surface area contributed by atoms with Crippen molar-refractivity contribution in [3.63, 3.8) is 0 Å². The minimum absolute atomic E-state index is 0.00782. The first kappa shape index (κ1) is 38.9. The average Bonchev–Trinajstić information content (AvgIpc) is 3.78. The predicted octanol–water partition coefficient (Wildman–Crippen LogP) is 6.61. The fourth-order valence-corrected chi connectivity index (χ4v) is 7.90. The first-order valence-electron chi connectivity index (χ1n) is 17.7. The molecule has 13 heteroatoms. The molecule has 2 amide bonds. The number of benzene rings is 2. The van der Waals surface area contributed by atoms with E-state index in [4.69, 9.17) is 9.90 Å². The molecule has 1 atom stereocenters. The second kappa shape index (κ2) is 17.9. The van der Waals surface area contributed by atoms with Gasteiger partial charge >= 0.3 is 12.1 Å². The number of alkyl halides is 3. The molecule has 2 fully saturated rings. The number of carboxylic acids is 1. The molecule has 4 aromatic rings. The number of aryl methyl sites for hydroxylation is 1. The minimum Gasteiger partial charge on any atom is -0.475 e. The standard InChI is InChI=1S/C37H45N5O2S.C2HF3O2/c1-28-13-14-31-25-34(45-33(31)23-28)35(43)40-37(15-5-6-16-37)36(44)39-32(24-29-9-3-2-4-10-29)12-8-18-41-19-21-42(22-20-41)27-30-11-7-17-38-26-30;3-2(4,5)1(6)7/h2-4,7,9-11,13-14,17,23,25-26,32H,5-6,8,12,15-16,18-22,24,27H2,1H3,(H,39,44)(H,40,43);(H,6,7)/t32-;/m0./s1. The summed E-state index contributed by atoms with van der Waals surface area (Å²) in [5.41, 5.74) is 2.80. The predicted molar refractivity (Wildman–Crippen MR) is 196 cm³/mol. The van der Waals surface area contributed by atoms with E-state index in [1.165, 1.54) is 28.0 Å². The molecule has 52 heavy (non-hydrogen) atoms. The highest BCUT2D eigenvalue weighted by atomic mass is 32.1. The quantitative estimate of drug-likeness (QED) is 0.150. The van der Waals surface area contributed by atoms with Crippen molar-refractivity contribution in [2.75, 3.05) is 32.7 Å². The first-order chi connectivity index (χ1) is 24.9. The van der Waals surface area contributed by atoms with Crippen LogP contribution in [0.4, 0.5) is 13.2 Å². The zero-order chi connectivity index (χ0) is 37.1. The van der Waals surface area contributed by atoms with Crippen molar-refractivity contribution in [1.82, 2.24) is 25.4 Å². The van der Waals surface area contributed by atoms with Crippen LogP contribution in [0.2, 0.25) is 0 Å². The number of piperazine rings is 1. The highest BCUT2D eigenvalue weighted by Gasteiger charge is 2.43. The van der Waals surface area contributed by atoms with Crippen molar-refractivity contribution in [2.45, 2.75) is 76.2 Å². The minimum atomic E-state index is -5.08. The van der Waals surface area contributed by atoms with Crippen LogP contribution in [0.25, 0.3) is 10.1 Å². The summed E-state index contributed by atoms with van der Waals surface area (Å²) in [5.74, 6) is -2.93. The topological polar surface area (TPSA) is 115 Å². The van der Waals surface area contributed by atoms with Crippen molar-refractivity contribution in [2.24, 2.45) is 0 Å². The van der Waals surface area contributed by atoms with Gasteiger partial charge < -0.3 is 20.6 Å². The second-order valence-corrected chi connectivity index (χ2v) is 14.8. The fourth-order valence-electron chi connectivity index (χ4n) is 6.85. The van der Waals surface area contributed by atoms with Gasteiger partial charge in [0.25, 0.3) is 5.91 Å². The Hall–Kier alpha value is -4.33. The Balaban J connectivity index is 0.000000679. The van der Waals surface area contributed by atoms with Crippen LogP contribution in [0.3, 0.4) is 0 Å². The molecule has 0 spiro atoms. The van der Waals surface area contributed by atoms with E-state index in [0.29, 0.717) is 17.7 Å². The van der Waals surface area contributed by atoms with Crippen molar-refractivity contribution < 1.29 is 32.7 Å². The molecule has 9 nitrogen and oxygen atoms in total. The van der Waals surface area contributed by atoms with Crippen molar-refractivity contribution in [3.05, 3.63) is 101 Å². The van der Waals surface area contributed by atoms with E-state index in [9.17, 15) is 22.8 Å². The third kappa shape index (κ3) is 11.1. The number of fused-ring (bicyclic) bond motifs is 1. The number of nitrogens with zero attached hydrogens (tertiary/aromatic N) is 3. The summed E-state index contributed by atoms with van der Waals surface area (Å²) in [6, 6.07) is 22.8. The van der Waals surface area contributed by atoms with Crippen LogP contribution in [0.15, 0.2) is 79.1 Å². The van der Waals surface area contributed by atoms with Crippen LogP contribution in [-0.2, 0) is 22.6 Å². The van der Waals surface area contributed by atoms with E-state index in [0.717, 1.165) is 81.5 Å². The van der Waals surface area contributed by atoms with Gasteiger partial charge in [-0.2, -0.15) is 13.2 Å². The lowest BCUT2D eigenvalue weighted by molar-refractivity contribution is -0.192. The van der Waals surface area contributed by atoms with Gasteiger partial charge in [-0.05, 0) is 85.8 Å². The SMILES string of the molecule is Cc1ccc2cc(C(=O)NC3(C(=O)N[C@@H](CCCN4CCN(Cc5cccnc5)CC4)Cc4ccccc4)CCCC3)sc2c1.O=C(O)C(F)(F)F. The number of pyridine rings is 1. The van der Waals surface area contributed by atoms with Crippen LogP contribution in [0.5, 0.6) is 0 Å². The normalized spacial score (nSPS) is 16.8.